The SMILES string of the molecule is CCNC(c1ccccc1)C(C)SCC(C)C. The molecule has 0 aliphatic heterocycles. The molecule has 0 aliphatic rings. The highest BCUT2D eigenvalue weighted by Crippen LogP contribution is 2.27. The molecule has 0 bridgehead atoms. The van der Waals surface area contributed by atoms with E-state index in [0.29, 0.717) is 11.3 Å². The monoisotopic (exact) mass is 251 g/mol. The molecule has 0 saturated heterocycles. The van der Waals surface area contributed by atoms with Gasteiger partial charge >= 0.3 is 0 Å². The van der Waals surface area contributed by atoms with Gasteiger partial charge in [-0.2, -0.15) is 11.8 Å². The van der Waals surface area contributed by atoms with E-state index in [4.69, 9.17) is 0 Å². The van der Waals surface area contributed by atoms with Gasteiger partial charge in [0, 0.05) is 11.3 Å². The van der Waals surface area contributed by atoms with Crippen molar-refractivity contribution < 1.29 is 0 Å². The molecule has 1 aromatic carbocycles. The molecule has 1 rings (SSSR count). The molecular formula is C15H25NS. The molecule has 0 heterocycles. The Morgan fingerprint density at radius 2 is 1.76 bits per heavy atom. The molecule has 2 atom stereocenters. The first-order valence-corrected chi connectivity index (χ1v) is 7.60. The summed E-state index contributed by atoms with van der Waals surface area (Å²) >= 11 is 2.06. The summed E-state index contributed by atoms with van der Waals surface area (Å²) in [5.74, 6) is 2.00. The van der Waals surface area contributed by atoms with Crippen LogP contribution in [0.15, 0.2) is 30.3 Å². The van der Waals surface area contributed by atoms with E-state index in [1.807, 2.05) is 0 Å². The number of thioether (sulfide) groups is 1. The molecule has 0 saturated carbocycles. The van der Waals surface area contributed by atoms with Crippen LogP contribution in [0.3, 0.4) is 0 Å². The zero-order valence-electron chi connectivity index (χ0n) is 11.4. The summed E-state index contributed by atoms with van der Waals surface area (Å²) in [5, 5.41) is 4.21. The highest BCUT2D eigenvalue weighted by Gasteiger charge is 2.18. The van der Waals surface area contributed by atoms with Gasteiger partial charge in [0.25, 0.3) is 0 Å². The first-order valence-electron chi connectivity index (χ1n) is 6.55. The Bertz CT molecular complexity index is 297. The Hall–Kier alpha value is -0.470. The topological polar surface area (TPSA) is 12.0 Å². The van der Waals surface area contributed by atoms with E-state index in [1.165, 1.54) is 11.3 Å². The van der Waals surface area contributed by atoms with E-state index in [1.54, 1.807) is 0 Å². The van der Waals surface area contributed by atoms with Gasteiger partial charge in [-0.15, -0.1) is 0 Å². The van der Waals surface area contributed by atoms with E-state index >= 15 is 0 Å². The fourth-order valence-electron chi connectivity index (χ4n) is 1.88. The Balaban J connectivity index is 2.65. The van der Waals surface area contributed by atoms with Gasteiger partial charge in [-0.25, -0.2) is 0 Å². The Kier molecular flexibility index (Phi) is 6.68. The molecule has 0 spiro atoms. The molecule has 1 nitrogen and oxygen atoms in total. The van der Waals surface area contributed by atoms with Gasteiger partial charge in [0.05, 0.1) is 0 Å². The summed E-state index contributed by atoms with van der Waals surface area (Å²) in [5.41, 5.74) is 1.40. The van der Waals surface area contributed by atoms with Gasteiger partial charge in [-0.1, -0.05) is 58.0 Å². The van der Waals surface area contributed by atoms with Crippen LogP contribution in [0.1, 0.15) is 39.3 Å². The predicted octanol–water partition coefficient (Wildman–Crippen LogP) is 4.11. The second-order valence-electron chi connectivity index (χ2n) is 4.88. The van der Waals surface area contributed by atoms with Crippen LogP contribution in [0.5, 0.6) is 0 Å². The normalized spacial score (nSPS) is 14.9. The lowest BCUT2D eigenvalue weighted by molar-refractivity contribution is 0.547. The van der Waals surface area contributed by atoms with Crippen molar-refractivity contribution in [3.05, 3.63) is 35.9 Å². The van der Waals surface area contributed by atoms with Crippen molar-refractivity contribution in [1.29, 1.82) is 0 Å². The lowest BCUT2D eigenvalue weighted by Gasteiger charge is -2.25. The van der Waals surface area contributed by atoms with Crippen molar-refractivity contribution in [3.8, 4) is 0 Å². The van der Waals surface area contributed by atoms with Crippen molar-refractivity contribution in [1.82, 2.24) is 5.32 Å². The fourth-order valence-corrected chi connectivity index (χ4v) is 3.01. The maximum absolute atomic E-state index is 3.60. The van der Waals surface area contributed by atoms with E-state index in [-0.39, 0.29) is 0 Å². The van der Waals surface area contributed by atoms with Crippen LogP contribution >= 0.6 is 11.8 Å². The summed E-state index contributed by atoms with van der Waals surface area (Å²) < 4.78 is 0. The maximum Gasteiger partial charge on any atom is 0.0437 e. The molecule has 2 unspecified atom stereocenters. The third kappa shape index (κ3) is 5.13. The van der Waals surface area contributed by atoms with Crippen LogP contribution in [-0.4, -0.2) is 17.5 Å². The quantitative estimate of drug-likeness (QED) is 0.782. The number of benzene rings is 1. The van der Waals surface area contributed by atoms with Gasteiger partial charge in [0.1, 0.15) is 0 Å². The molecule has 0 radical (unpaired) electrons. The molecule has 0 fully saturated rings. The Labute approximate surface area is 110 Å². The van der Waals surface area contributed by atoms with Crippen LogP contribution < -0.4 is 5.32 Å². The molecule has 0 aliphatic carbocycles. The minimum Gasteiger partial charge on any atom is -0.309 e. The smallest absolute Gasteiger partial charge is 0.0437 e. The molecule has 2 heteroatoms. The van der Waals surface area contributed by atoms with Crippen molar-refractivity contribution in [2.75, 3.05) is 12.3 Å². The third-order valence-corrected chi connectivity index (χ3v) is 4.40. The summed E-state index contributed by atoms with van der Waals surface area (Å²) in [6, 6.07) is 11.2. The average Bonchev–Trinajstić information content (AvgIpc) is 2.34. The lowest BCUT2D eigenvalue weighted by Crippen LogP contribution is -2.28. The van der Waals surface area contributed by atoms with Crippen LogP contribution in [-0.2, 0) is 0 Å². The van der Waals surface area contributed by atoms with Crippen LogP contribution in [0, 0.1) is 5.92 Å². The Morgan fingerprint density at radius 3 is 2.29 bits per heavy atom. The standard InChI is InChI=1S/C15H25NS/c1-5-16-15(13(4)17-11-12(2)3)14-9-7-6-8-10-14/h6-10,12-13,15-16H,5,11H2,1-4H3. The van der Waals surface area contributed by atoms with Gasteiger partial charge in [-0.3, -0.25) is 0 Å². The fraction of sp³-hybridized carbons (Fsp3) is 0.600. The molecule has 0 amide bonds. The number of nitrogens with one attached hydrogen (secondary N) is 1. The summed E-state index contributed by atoms with van der Waals surface area (Å²) in [6.07, 6.45) is 0. The predicted molar refractivity (Wildman–Crippen MR) is 79.6 cm³/mol. The molecule has 96 valence electrons. The van der Waals surface area contributed by atoms with Gasteiger partial charge in [-0.05, 0) is 23.8 Å². The van der Waals surface area contributed by atoms with Crippen molar-refractivity contribution in [2.24, 2.45) is 5.92 Å². The average molecular weight is 251 g/mol. The first kappa shape index (κ1) is 14.6. The highest BCUT2D eigenvalue weighted by atomic mass is 32.2. The van der Waals surface area contributed by atoms with Gasteiger partial charge in [0.15, 0.2) is 0 Å². The molecule has 17 heavy (non-hydrogen) atoms. The summed E-state index contributed by atoms with van der Waals surface area (Å²) in [6.45, 7) is 10.1. The zero-order chi connectivity index (χ0) is 12.7. The number of hydrogen-bond acceptors (Lipinski definition) is 2. The second kappa shape index (κ2) is 7.78. The molecule has 0 aromatic heterocycles. The third-order valence-electron chi connectivity index (χ3n) is 2.74. The first-order chi connectivity index (χ1) is 8.15. The maximum atomic E-state index is 3.60. The second-order valence-corrected chi connectivity index (χ2v) is 6.29. The lowest BCUT2D eigenvalue weighted by atomic mass is 10.0. The number of hydrogen-bond donors (Lipinski definition) is 1. The van der Waals surface area contributed by atoms with Gasteiger partial charge in [0.2, 0.25) is 0 Å². The molecule has 1 aromatic rings. The largest absolute Gasteiger partial charge is 0.309 e. The van der Waals surface area contributed by atoms with Crippen molar-refractivity contribution in [3.63, 3.8) is 0 Å². The Morgan fingerprint density at radius 1 is 1.12 bits per heavy atom. The summed E-state index contributed by atoms with van der Waals surface area (Å²) in [7, 11) is 0. The summed E-state index contributed by atoms with van der Waals surface area (Å²) in [4.78, 5) is 0. The highest BCUT2D eigenvalue weighted by molar-refractivity contribution is 7.99. The van der Waals surface area contributed by atoms with E-state index in [0.717, 1.165) is 12.5 Å². The zero-order valence-corrected chi connectivity index (χ0v) is 12.3. The number of rotatable bonds is 7. The van der Waals surface area contributed by atoms with Crippen LogP contribution in [0.25, 0.3) is 0 Å². The van der Waals surface area contributed by atoms with E-state index in [2.05, 4.69) is 75.1 Å². The molecular weight excluding hydrogens is 226 g/mol. The molecule has 1 N–H and O–H groups in total. The van der Waals surface area contributed by atoms with Crippen LogP contribution in [0.4, 0.5) is 0 Å². The van der Waals surface area contributed by atoms with E-state index < -0.39 is 0 Å². The van der Waals surface area contributed by atoms with E-state index in [9.17, 15) is 0 Å². The van der Waals surface area contributed by atoms with Crippen LogP contribution in [0.2, 0.25) is 0 Å². The van der Waals surface area contributed by atoms with Crippen molar-refractivity contribution in [2.45, 2.75) is 39.0 Å². The minimum absolute atomic E-state index is 0.463. The van der Waals surface area contributed by atoms with Gasteiger partial charge < -0.3 is 5.32 Å². The minimum atomic E-state index is 0.463. The van der Waals surface area contributed by atoms with Crippen molar-refractivity contribution >= 4 is 11.8 Å².